The van der Waals surface area contributed by atoms with Crippen LogP contribution in [0, 0.1) is 27.1 Å². The maximum Gasteiger partial charge on any atom is 0.245 e. The van der Waals surface area contributed by atoms with Crippen molar-refractivity contribution in [3.8, 4) is 0 Å². The number of rotatable bonds is 8. The smallest absolute Gasteiger partial charge is 0.245 e. The van der Waals surface area contributed by atoms with E-state index in [0.29, 0.717) is 16.2 Å². The van der Waals surface area contributed by atoms with Crippen molar-refractivity contribution in [1.29, 1.82) is 0 Å². The van der Waals surface area contributed by atoms with Crippen molar-refractivity contribution in [2.24, 2.45) is 27.1 Å². The van der Waals surface area contributed by atoms with Gasteiger partial charge in [0.05, 0.1) is 0 Å². The Labute approximate surface area is 256 Å². The molecule has 0 saturated heterocycles. The number of methoxy groups -OCH3 is 2. The van der Waals surface area contributed by atoms with Gasteiger partial charge in [0.2, 0.25) is 12.3 Å². The van der Waals surface area contributed by atoms with Crippen molar-refractivity contribution in [2.45, 2.75) is 175 Å². The van der Waals surface area contributed by atoms with Crippen LogP contribution in [-0.4, -0.2) is 39.8 Å². The molecule has 6 heteroatoms. The van der Waals surface area contributed by atoms with E-state index in [4.69, 9.17) is 9.47 Å². The summed E-state index contributed by atoms with van der Waals surface area (Å²) < 4.78 is 57.4. The van der Waals surface area contributed by atoms with E-state index in [1.807, 2.05) is 20.8 Å². The zero-order valence-electron chi connectivity index (χ0n) is 31.3. The molecule has 0 radical (unpaired) electrons. The Morgan fingerprint density at radius 3 is 0.976 bits per heavy atom. The molecule has 0 aromatic carbocycles. The monoisotopic (exact) mass is 605 g/mol. The predicted octanol–water partition coefficient (Wildman–Crippen LogP) is 13.1. The second kappa shape index (κ2) is 24.0. The molecule has 41 heavy (non-hydrogen) atoms. The number of halogens is 4. The SMILES string of the molecule is CC(C)(C)CC(C)(F)F.CC(C)(C)CC(F)F.CCCC(C)(C)C.COCCC(C)(C)C.COCCCC(C)(C)C. The second-order valence-corrected chi connectivity index (χ2v) is 17.2. The predicted molar refractivity (Wildman–Crippen MR) is 176 cm³/mol. The zero-order chi connectivity index (χ0) is 34.4. The van der Waals surface area contributed by atoms with Gasteiger partial charge in [0, 0.05) is 40.3 Å². The highest BCUT2D eigenvalue weighted by atomic mass is 19.3. The molecular weight excluding hydrogens is 528 g/mol. The molecule has 0 fully saturated rings. The summed E-state index contributed by atoms with van der Waals surface area (Å²) in [6.07, 6.45) is 4.02. The minimum atomic E-state index is -2.52. The van der Waals surface area contributed by atoms with E-state index in [0.717, 1.165) is 26.6 Å². The second-order valence-electron chi connectivity index (χ2n) is 17.2. The Morgan fingerprint density at radius 1 is 0.512 bits per heavy atom. The number of alkyl halides is 4. The molecule has 0 bridgehead atoms. The van der Waals surface area contributed by atoms with E-state index >= 15 is 0 Å². The Hall–Kier alpha value is -0.360. The van der Waals surface area contributed by atoms with E-state index in [2.05, 4.69) is 69.2 Å². The van der Waals surface area contributed by atoms with Crippen LogP contribution in [0.4, 0.5) is 17.6 Å². The quantitative estimate of drug-likeness (QED) is 0.203. The zero-order valence-corrected chi connectivity index (χ0v) is 31.3. The van der Waals surface area contributed by atoms with E-state index in [1.54, 1.807) is 35.0 Å². The van der Waals surface area contributed by atoms with Crippen LogP contribution >= 0.6 is 0 Å². The number of hydrogen-bond acceptors (Lipinski definition) is 2. The van der Waals surface area contributed by atoms with Gasteiger partial charge < -0.3 is 9.47 Å². The first-order valence-electron chi connectivity index (χ1n) is 15.4. The maximum atomic E-state index is 12.2. The molecule has 0 N–H and O–H groups in total. The van der Waals surface area contributed by atoms with Gasteiger partial charge in [-0.1, -0.05) is 117 Å². The Balaban J connectivity index is -0.000000132. The van der Waals surface area contributed by atoms with Gasteiger partial charge in [0.15, 0.2) is 0 Å². The first-order valence-corrected chi connectivity index (χ1v) is 15.4. The van der Waals surface area contributed by atoms with Crippen LogP contribution in [-0.2, 0) is 9.47 Å². The fraction of sp³-hybridized carbons (Fsp3) is 1.00. The maximum absolute atomic E-state index is 12.2. The summed E-state index contributed by atoms with van der Waals surface area (Å²) in [4.78, 5) is 0. The third-order valence-corrected chi connectivity index (χ3v) is 4.94. The van der Waals surface area contributed by atoms with Crippen molar-refractivity contribution >= 4 is 0 Å². The Kier molecular flexibility index (Phi) is 29.5. The molecule has 0 aliphatic carbocycles. The summed E-state index contributed by atoms with van der Waals surface area (Å²) in [5.41, 5.74) is 0.954. The molecule has 0 saturated carbocycles. The van der Waals surface area contributed by atoms with Crippen LogP contribution in [0.1, 0.15) is 163 Å². The van der Waals surface area contributed by atoms with Crippen molar-refractivity contribution in [3.05, 3.63) is 0 Å². The van der Waals surface area contributed by atoms with Crippen LogP contribution < -0.4 is 0 Å². The highest BCUT2D eigenvalue weighted by Crippen LogP contribution is 2.30. The van der Waals surface area contributed by atoms with Gasteiger partial charge in [0.25, 0.3) is 0 Å². The van der Waals surface area contributed by atoms with Gasteiger partial charge in [-0.3, -0.25) is 0 Å². The van der Waals surface area contributed by atoms with Crippen LogP contribution in [0.25, 0.3) is 0 Å². The number of hydrogen-bond donors (Lipinski definition) is 0. The molecule has 0 amide bonds. The van der Waals surface area contributed by atoms with Crippen LogP contribution in [0.2, 0.25) is 0 Å². The minimum absolute atomic E-state index is 0.00694. The topological polar surface area (TPSA) is 18.5 Å². The van der Waals surface area contributed by atoms with E-state index in [9.17, 15) is 17.6 Å². The van der Waals surface area contributed by atoms with Gasteiger partial charge in [-0.15, -0.1) is 0 Å². The summed E-state index contributed by atoms with van der Waals surface area (Å²) in [5, 5.41) is 0. The lowest BCUT2D eigenvalue weighted by Crippen LogP contribution is -2.20. The average Bonchev–Trinajstić information content (AvgIpc) is 2.61. The van der Waals surface area contributed by atoms with Gasteiger partial charge in [-0.2, -0.15) is 0 Å². The summed E-state index contributed by atoms with van der Waals surface area (Å²) in [5.74, 6) is -2.52. The molecule has 0 aromatic heterocycles. The molecule has 2 nitrogen and oxygen atoms in total. The third-order valence-electron chi connectivity index (χ3n) is 4.94. The molecule has 0 rings (SSSR count). The lowest BCUT2D eigenvalue weighted by molar-refractivity contribution is -0.0168. The molecule has 0 heterocycles. The van der Waals surface area contributed by atoms with Crippen molar-refractivity contribution in [3.63, 3.8) is 0 Å². The third kappa shape index (κ3) is 85.4. The standard InChI is InChI=1S/C8H18O.C7H14F2.C7H16O.C7H16.C6H12F2/c1-8(2,3)6-5-7-9-4;1-6(2,3)5-7(4,8)9;1-7(2,3)5-6-8-4;1-5-6-7(2,3)4;1-6(2,3)4-5(7)8/h5-7H2,1-4H3;5H2,1-4H3;5-6H2,1-4H3;5-6H2,1-4H3;5H,4H2,1-3H3. The summed E-state index contributed by atoms with van der Waals surface area (Å²) in [6, 6.07) is 0. The van der Waals surface area contributed by atoms with E-state index in [-0.39, 0.29) is 23.7 Å². The van der Waals surface area contributed by atoms with E-state index < -0.39 is 12.3 Å². The molecule has 0 spiro atoms. The summed E-state index contributed by atoms with van der Waals surface area (Å²) >= 11 is 0. The number of ether oxygens (including phenoxy) is 2. The summed E-state index contributed by atoms with van der Waals surface area (Å²) in [7, 11) is 3.49. The van der Waals surface area contributed by atoms with Gasteiger partial charge in [-0.25, -0.2) is 17.6 Å². The summed E-state index contributed by atoms with van der Waals surface area (Å²) in [6.45, 7) is 36.0. The highest BCUT2D eigenvalue weighted by Gasteiger charge is 2.28. The molecule has 0 aromatic rings. The Bertz CT molecular complexity index is 523. The van der Waals surface area contributed by atoms with Crippen LogP contribution in [0.3, 0.4) is 0 Å². The van der Waals surface area contributed by atoms with Gasteiger partial charge in [0.1, 0.15) is 0 Å². The normalized spacial score (nSPS) is 12.6. The largest absolute Gasteiger partial charge is 0.385 e. The average molecular weight is 605 g/mol. The lowest BCUT2D eigenvalue weighted by atomic mass is 9.89. The first kappa shape index (κ1) is 50.3. The molecule has 0 atom stereocenters. The molecular formula is C35H76F4O2. The van der Waals surface area contributed by atoms with Crippen LogP contribution in [0.5, 0.6) is 0 Å². The Morgan fingerprint density at radius 2 is 0.878 bits per heavy atom. The van der Waals surface area contributed by atoms with Crippen LogP contribution in [0.15, 0.2) is 0 Å². The minimum Gasteiger partial charge on any atom is -0.385 e. The molecule has 0 unspecified atom stereocenters. The molecule has 0 aliphatic heterocycles. The lowest BCUT2D eigenvalue weighted by Gasteiger charge is -2.22. The first-order chi connectivity index (χ1) is 17.8. The van der Waals surface area contributed by atoms with Gasteiger partial charge in [-0.05, 0) is 59.7 Å². The highest BCUT2D eigenvalue weighted by molar-refractivity contribution is 4.70. The van der Waals surface area contributed by atoms with Gasteiger partial charge >= 0.3 is 0 Å². The molecule has 256 valence electrons. The van der Waals surface area contributed by atoms with Crippen molar-refractivity contribution in [2.75, 3.05) is 27.4 Å². The molecule has 0 aliphatic rings. The fourth-order valence-electron chi connectivity index (χ4n) is 3.30. The van der Waals surface area contributed by atoms with Crippen molar-refractivity contribution in [1.82, 2.24) is 0 Å². The van der Waals surface area contributed by atoms with Crippen molar-refractivity contribution < 1.29 is 27.0 Å². The fourth-order valence-corrected chi connectivity index (χ4v) is 3.30. The van der Waals surface area contributed by atoms with E-state index in [1.165, 1.54) is 25.7 Å².